The van der Waals surface area contributed by atoms with Gasteiger partial charge in [-0.3, -0.25) is 0 Å². The van der Waals surface area contributed by atoms with Gasteiger partial charge in [-0.1, -0.05) is 45.0 Å². The average Bonchev–Trinajstić information content (AvgIpc) is 3.03. The molecule has 3 N–H and O–H groups in total. The van der Waals surface area contributed by atoms with E-state index in [0.717, 1.165) is 6.42 Å². The van der Waals surface area contributed by atoms with E-state index < -0.39 is 0 Å². The Morgan fingerprint density at radius 1 is 1.29 bits per heavy atom. The van der Waals surface area contributed by atoms with Crippen molar-refractivity contribution in [1.29, 1.82) is 0 Å². The maximum absolute atomic E-state index is 9.39. The summed E-state index contributed by atoms with van der Waals surface area (Å²) in [6.07, 6.45) is 1.02. The number of nitrogens with two attached hydrogens (primary N) is 1. The van der Waals surface area contributed by atoms with Crippen LogP contribution in [0.5, 0.6) is 0 Å². The van der Waals surface area contributed by atoms with Crippen LogP contribution in [0, 0.1) is 5.41 Å². The van der Waals surface area contributed by atoms with Gasteiger partial charge in [0.1, 0.15) is 0 Å². The van der Waals surface area contributed by atoms with Crippen LogP contribution in [0.3, 0.4) is 0 Å². The van der Waals surface area contributed by atoms with Crippen LogP contribution in [0.25, 0.3) is 0 Å². The van der Waals surface area contributed by atoms with E-state index in [0.29, 0.717) is 12.5 Å². The first-order valence-corrected chi connectivity index (χ1v) is 6.34. The van der Waals surface area contributed by atoms with Crippen LogP contribution in [-0.2, 0) is 5.41 Å². The monoisotopic (exact) mass is 233 g/mol. The fourth-order valence-electron chi connectivity index (χ4n) is 2.50. The Kier molecular flexibility index (Phi) is 3.04. The van der Waals surface area contributed by atoms with E-state index in [-0.39, 0.29) is 17.4 Å². The van der Waals surface area contributed by atoms with E-state index in [2.05, 4.69) is 45.0 Å². The Morgan fingerprint density at radius 2 is 1.88 bits per heavy atom. The molecule has 0 heterocycles. The summed E-state index contributed by atoms with van der Waals surface area (Å²) in [5, 5.41) is 9.39. The zero-order chi connectivity index (χ0) is 12.7. The molecule has 2 nitrogen and oxygen atoms in total. The van der Waals surface area contributed by atoms with Crippen LogP contribution < -0.4 is 5.73 Å². The summed E-state index contributed by atoms with van der Waals surface area (Å²) in [5.41, 5.74) is 8.57. The number of benzene rings is 1. The molecule has 1 aromatic carbocycles. The zero-order valence-electron chi connectivity index (χ0n) is 11.0. The molecule has 1 aromatic rings. The summed E-state index contributed by atoms with van der Waals surface area (Å²) in [6, 6.07) is 8.79. The molecule has 0 saturated heterocycles. The van der Waals surface area contributed by atoms with Gasteiger partial charge in [-0.05, 0) is 28.9 Å². The molecule has 1 aliphatic rings. The summed E-state index contributed by atoms with van der Waals surface area (Å²) in [6.45, 7) is 7.44. The summed E-state index contributed by atoms with van der Waals surface area (Å²) in [4.78, 5) is 0. The van der Waals surface area contributed by atoms with Crippen molar-refractivity contribution in [2.75, 3.05) is 13.2 Å². The summed E-state index contributed by atoms with van der Waals surface area (Å²) in [5.74, 6) is 0.450. The van der Waals surface area contributed by atoms with Crippen LogP contribution in [0.2, 0.25) is 0 Å². The van der Waals surface area contributed by atoms with Gasteiger partial charge in [0, 0.05) is 12.0 Å². The molecule has 94 valence electrons. The van der Waals surface area contributed by atoms with E-state index in [4.69, 9.17) is 5.73 Å². The van der Waals surface area contributed by atoms with Gasteiger partial charge >= 0.3 is 0 Å². The molecule has 2 unspecified atom stereocenters. The van der Waals surface area contributed by atoms with Crippen molar-refractivity contribution in [2.24, 2.45) is 11.1 Å². The highest BCUT2D eigenvalue weighted by molar-refractivity contribution is 5.34. The molecule has 17 heavy (non-hydrogen) atoms. The van der Waals surface area contributed by atoms with Crippen molar-refractivity contribution in [3.63, 3.8) is 0 Å². The van der Waals surface area contributed by atoms with Crippen LogP contribution >= 0.6 is 0 Å². The second kappa shape index (κ2) is 4.11. The highest BCUT2D eigenvalue weighted by Gasteiger charge is 2.53. The standard InChI is InChI=1S/C15H23NO/c1-14(2,3)12-6-4-11(5-7-12)13-8-15(13,9-16)10-17/h4-7,13,17H,8-10,16H2,1-3H3. The highest BCUT2D eigenvalue weighted by Crippen LogP contribution is 2.58. The molecule has 2 rings (SSSR count). The second-order valence-corrected chi connectivity index (χ2v) is 6.35. The highest BCUT2D eigenvalue weighted by atomic mass is 16.3. The van der Waals surface area contributed by atoms with Crippen molar-refractivity contribution in [2.45, 2.75) is 38.5 Å². The van der Waals surface area contributed by atoms with Gasteiger partial charge < -0.3 is 10.8 Å². The van der Waals surface area contributed by atoms with Crippen LogP contribution in [0.1, 0.15) is 44.2 Å². The first kappa shape index (κ1) is 12.6. The molecule has 0 bridgehead atoms. The van der Waals surface area contributed by atoms with Crippen molar-refractivity contribution < 1.29 is 5.11 Å². The van der Waals surface area contributed by atoms with E-state index in [1.807, 2.05) is 0 Å². The van der Waals surface area contributed by atoms with Crippen molar-refractivity contribution >= 4 is 0 Å². The summed E-state index contributed by atoms with van der Waals surface area (Å²) >= 11 is 0. The first-order chi connectivity index (χ1) is 7.93. The quantitative estimate of drug-likeness (QED) is 0.842. The molecular weight excluding hydrogens is 210 g/mol. The smallest absolute Gasteiger partial charge is 0.0505 e. The Bertz CT molecular complexity index is 384. The fourth-order valence-corrected chi connectivity index (χ4v) is 2.50. The maximum Gasteiger partial charge on any atom is 0.0505 e. The minimum atomic E-state index is -0.0384. The average molecular weight is 233 g/mol. The molecule has 0 spiro atoms. The van der Waals surface area contributed by atoms with Crippen molar-refractivity contribution in [3.8, 4) is 0 Å². The largest absolute Gasteiger partial charge is 0.396 e. The normalized spacial score (nSPS) is 28.2. The minimum Gasteiger partial charge on any atom is -0.396 e. The number of hydrogen-bond donors (Lipinski definition) is 2. The molecule has 0 amide bonds. The van der Waals surface area contributed by atoms with E-state index in [9.17, 15) is 5.11 Å². The first-order valence-electron chi connectivity index (χ1n) is 6.34. The molecule has 1 fully saturated rings. The maximum atomic E-state index is 9.39. The topological polar surface area (TPSA) is 46.2 Å². The van der Waals surface area contributed by atoms with Gasteiger partial charge in [-0.15, -0.1) is 0 Å². The lowest BCUT2D eigenvalue weighted by molar-refractivity contribution is 0.211. The zero-order valence-corrected chi connectivity index (χ0v) is 11.0. The lowest BCUT2D eigenvalue weighted by Crippen LogP contribution is -2.21. The summed E-state index contributed by atoms with van der Waals surface area (Å²) in [7, 11) is 0. The Balaban J connectivity index is 2.16. The molecule has 1 aliphatic carbocycles. The predicted molar refractivity (Wildman–Crippen MR) is 71.1 cm³/mol. The molecule has 0 aromatic heterocycles. The fraction of sp³-hybridized carbons (Fsp3) is 0.600. The van der Waals surface area contributed by atoms with Crippen molar-refractivity contribution in [3.05, 3.63) is 35.4 Å². The van der Waals surface area contributed by atoms with Crippen LogP contribution in [-0.4, -0.2) is 18.3 Å². The van der Waals surface area contributed by atoms with E-state index >= 15 is 0 Å². The Hall–Kier alpha value is -0.860. The van der Waals surface area contributed by atoms with Gasteiger partial charge in [0.15, 0.2) is 0 Å². The number of aliphatic hydroxyl groups excluding tert-OH is 1. The molecule has 0 aliphatic heterocycles. The molecular formula is C15H23NO. The molecule has 1 saturated carbocycles. The minimum absolute atomic E-state index is 0.0384. The number of aliphatic hydroxyl groups is 1. The molecule has 2 atom stereocenters. The third-order valence-electron chi connectivity index (χ3n) is 4.09. The SMILES string of the molecule is CC(C)(C)c1ccc(C2CC2(CN)CO)cc1. The van der Waals surface area contributed by atoms with Gasteiger partial charge in [0.05, 0.1) is 6.61 Å². The van der Waals surface area contributed by atoms with E-state index in [1.54, 1.807) is 0 Å². The van der Waals surface area contributed by atoms with Gasteiger partial charge in [0.25, 0.3) is 0 Å². The third kappa shape index (κ3) is 2.24. The Morgan fingerprint density at radius 3 is 2.24 bits per heavy atom. The predicted octanol–water partition coefficient (Wildman–Crippen LogP) is 2.41. The summed E-state index contributed by atoms with van der Waals surface area (Å²) < 4.78 is 0. The second-order valence-electron chi connectivity index (χ2n) is 6.35. The Labute approximate surface area is 104 Å². The van der Waals surface area contributed by atoms with Gasteiger partial charge in [-0.2, -0.15) is 0 Å². The van der Waals surface area contributed by atoms with Crippen LogP contribution in [0.4, 0.5) is 0 Å². The van der Waals surface area contributed by atoms with Gasteiger partial charge in [0.2, 0.25) is 0 Å². The lowest BCUT2D eigenvalue weighted by Gasteiger charge is -2.19. The third-order valence-corrected chi connectivity index (χ3v) is 4.09. The van der Waals surface area contributed by atoms with E-state index in [1.165, 1.54) is 11.1 Å². The van der Waals surface area contributed by atoms with Crippen LogP contribution in [0.15, 0.2) is 24.3 Å². The molecule has 2 heteroatoms. The van der Waals surface area contributed by atoms with Crippen molar-refractivity contribution in [1.82, 2.24) is 0 Å². The number of rotatable bonds is 3. The van der Waals surface area contributed by atoms with Gasteiger partial charge in [-0.25, -0.2) is 0 Å². The molecule has 0 radical (unpaired) electrons. The lowest BCUT2D eigenvalue weighted by atomic mass is 9.86. The number of hydrogen-bond acceptors (Lipinski definition) is 2.